The normalized spacial score (nSPS) is 14.0. The van der Waals surface area contributed by atoms with Gasteiger partial charge in [-0.1, -0.05) is 35.9 Å². The molecule has 1 amide bonds. The van der Waals surface area contributed by atoms with Gasteiger partial charge >= 0.3 is 5.69 Å². The molecule has 0 unspecified atom stereocenters. The molecule has 0 aliphatic carbocycles. The minimum absolute atomic E-state index is 0.0918. The summed E-state index contributed by atoms with van der Waals surface area (Å²) in [7, 11) is 0. The summed E-state index contributed by atoms with van der Waals surface area (Å²) in [5.41, 5.74) is 3.53. The smallest absolute Gasteiger partial charge is 0.351 e. The lowest BCUT2D eigenvalue weighted by Gasteiger charge is -2.36. The molecule has 0 bridgehead atoms. The zero-order valence-corrected chi connectivity index (χ0v) is 20.3. The van der Waals surface area contributed by atoms with Crippen LogP contribution in [0.4, 0.5) is 10.1 Å². The molecule has 2 aromatic heterocycles. The predicted molar refractivity (Wildman–Crippen MR) is 140 cm³/mol. The molecule has 0 N–H and O–H groups in total. The first-order valence-electron chi connectivity index (χ1n) is 12.2. The molecule has 0 spiro atoms. The van der Waals surface area contributed by atoms with Crippen molar-refractivity contribution in [3.05, 3.63) is 94.7 Å². The Morgan fingerprint density at radius 2 is 1.70 bits per heavy atom. The van der Waals surface area contributed by atoms with Crippen LogP contribution in [-0.4, -0.2) is 56.2 Å². The number of anilines is 1. The summed E-state index contributed by atoms with van der Waals surface area (Å²) in [6.45, 7) is 4.21. The van der Waals surface area contributed by atoms with E-state index in [1.54, 1.807) is 17.0 Å². The van der Waals surface area contributed by atoms with Crippen LogP contribution in [0.5, 0.6) is 0 Å². The summed E-state index contributed by atoms with van der Waals surface area (Å²) < 4.78 is 16.0. The zero-order valence-electron chi connectivity index (χ0n) is 20.3. The quantitative estimate of drug-likeness (QED) is 0.381. The van der Waals surface area contributed by atoms with Gasteiger partial charge in [0.25, 0.3) is 0 Å². The van der Waals surface area contributed by atoms with E-state index in [2.05, 4.69) is 15.0 Å². The van der Waals surface area contributed by atoms with Gasteiger partial charge in [0.05, 0.1) is 5.52 Å². The molecule has 0 atom stereocenters. The number of amides is 1. The number of aryl methyl sites for hydroxylation is 1. The SMILES string of the molecule is Cc1cccc(-c2nc3c4ccccc4n(CC(=O)N4CCN(c5ccc(F)cc5)CC4)c(=O)n3n2)c1. The van der Waals surface area contributed by atoms with Crippen molar-refractivity contribution in [1.29, 1.82) is 0 Å². The fourth-order valence-corrected chi connectivity index (χ4v) is 4.90. The molecule has 3 aromatic carbocycles. The number of rotatable bonds is 4. The van der Waals surface area contributed by atoms with Gasteiger partial charge in [0.2, 0.25) is 5.91 Å². The van der Waals surface area contributed by atoms with Crippen LogP contribution in [0.15, 0.2) is 77.6 Å². The minimum Gasteiger partial charge on any atom is -0.368 e. The number of carbonyl (C=O) groups is 1. The molecule has 186 valence electrons. The van der Waals surface area contributed by atoms with Crippen LogP contribution in [0.2, 0.25) is 0 Å². The number of fused-ring (bicyclic) bond motifs is 3. The third-order valence-corrected chi connectivity index (χ3v) is 6.85. The lowest BCUT2D eigenvalue weighted by atomic mass is 10.1. The Hall–Kier alpha value is -4.53. The maximum absolute atomic E-state index is 13.6. The van der Waals surface area contributed by atoms with Crippen molar-refractivity contribution in [3.63, 3.8) is 0 Å². The van der Waals surface area contributed by atoms with Crippen molar-refractivity contribution in [2.24, 2.45) is 0 Å². The molecular weight excluding hydrogens is 471 g/mol. The van der Waals surface area contributed by atoms with E-state index >= 15 is 0 Å². The van der Waals surface area contributed by atoms with Crippen LogP contribution in [0.3, 0.4) is 0 Å². The van der Waals surface area contributed by atoms with Crippen LogP contribution in [0.25, 0.3) is 27.9 Å². The van der Waals surface area contributed by atoms with E-state index in [1.165, 1.54) is 21.2 Å². The van der Waals surface area contributed by atoms with Gasteiger partial charge in [-0.2, -0.15) is 4.52 Å². The Morgan fingerprint density at radius 3 is 2.46 bits per heavy atom. The third kappa shape index (κ3) is 4.22. The summed E-state index contributed by atoms with van der Waals surface area (Å²) in [6, 6.07) is 21.6. The van der Waals surface area contributed by atoms with Crippen molar-refractivity contribution in [2.45, 2.75) is 13.5 Å². The first kappa shape index (κ1) is 22.9. The van der Waals surface area contributed by atoms with E-state index in [0.29, 0.717) is 43.2 Å². The van der Waals surface area contributed by atoms with Crippen LogP contribution < -0.4 is 10.6 Å². The second-order valence-electron chi connectivity index (χ2n) is 9.27. The third-order valence-electron chi connectivity index (χ3n) is 6.85. The maximum Gasteiger partial charge on any atom is 0.351 e. The molecular formula is C28H25FN6O2. The van der Waals surface area contributed by atoms with Crippen molar-refractivity contribution in [1.82, 2.24) is 24.1 Å². The molecule has 1 aliphatic heterocycles. The van der Waals surface area contributed by atoms with Crippen molar-refractivity contribution in [3.8, 4) is 11.4 Å². The van der Waals surface area contributed by atoms with E-state index in [4.69, 9.17) is 0 Å². The van der Waals surface area contributed by atoms with E-state index in [0.717, 1.165) is 22.2 Å². The molecule has 0 saturated carbocycles. The topological polar surface area (TPSA) is 75.7 Å². The molecule has 1 fully saturated rings. The highest BCUT2D eigenvalue weighted by Gasteiger charge is 2.24. The molecule has 0 radical (unpaired) electrons. The molecule has 9 heteroatoms. The monoisotopic (exact) mass is 496 g/mol. The predicted octanol–water partition coefficient (Wildman–Crippen LogP) is 3.51. The fraction of sp³-hybridized carbons (Fsp3) is 0.214. The molecule has 1 aliphatic rings. The first-order chi connectivity index (χ1) is 18.0. The maximum atomic E-state index is 13.6. The highest BCUT2D eigenvalue weighted by molar-refractivity contribution is 5.92. The van der Waals surface area contributed by atoms with Gasteiger partial charge in [0, 0.05) is 42.8 Å². The highest BCUT2D eigenvalue weighted by atomic mass is 19.1. The number of halogens is 1. The molecule has 6 rings (SSSR count). The number of piperazine rings is 1. The Balaban J connectivity index is 1.30. The largest absolute Gasteiger partial charge is 0.368 e. The Morgan fingerprint density at radius 1 is 0.946 bits per heavy atom. The van der Waals surface area contributed by atoms with Crippen molar-refractivity contribution < 1.29 is 9.18 Å². The molecule has 1 saturated heterocycles. The number of aromatic nitrogens is 4. The Labute approximate surface area is 212 Å². The summed E-state index contributed by atoms with van der Waals surface area (Å²) >= 11 is 0. The van der Waals surface area contributed by atoms with E-state index in [9.17, 15) is 14.0 Å². The summed E-state index contributed by atoms with van der Waals surface area (Å²) in [5.74, 6) is 0.0573. The minimum atomic E-state index is -0.404. The molecule has 5 aromatic rings. The number of hydrogen-bond donors (Lipinski definition) is 0. The van der Waals surface area contributed by atoms with Crippen LogP contribution in [0.1, 0.15) is 5.56 Å². The molecule has 8 nitrogen and oxygen atoms in total. The van der Waals surface area contributed by atoms with Crippen LogP contribution in [0, 0.1) is 12.7 Å². The lowest BCUT2D eigenvalue weighted by Crippen LogP contribution is -2.50. The van der Waals surface area contributed by atoms with E-state index in [-0.39, 0.29) is 18.3 Å². The van der Waals surface area contributed by atoms with Gasteiger partial charge in [-0.05, 0) is 49.4 Å². The van der Waals surface area contributed by atoms with E-state index in [1.807, 2.05) is 55.5 Å². The van der Waals surface area contributed by atoms with Gasteiger partial charge < -0.3 is 9.80 Å². The summed E-state index contributed by atoms with van der Waals surface area (Å²) in [4.78, 5) is 35.4. The van der Waals surface area contributed by atoms with Crippen LogP contribution >= 0.6 is 0 Å². The fourth-order valence-electron chi connectivity index (χ4n) is 4.90. The second kappa shape index (κ2) is 9.16. The Kier molecular flexibility index (Phi) is 5.67. The summed E-state index contributed by atoms with van der Waals surface area (Å²) in [6.07, 6.45) is 0. The van der Waals surface area contributed by atoms with Gasteiger partial charge in [-0.15, -0.1) is 5.10 Å². The van der Waals surface area contributed by atoms with Crippen LogP contribution in [-0.2, 0) is 11.3 Å². The average Bonchev–Trinajstić information content (AvgIpc) is 3.38. The van der Waals surface area contributed by atoms with Gasteiger partial charge in [0.15, 0.2) is 11.5 Å². The molecule has 37 heavy (non-hydrogen) atoms. The van der Waals surface area contributed by atoms with Gasteiger partial charge in [-0.3, -0.25) is 9.36 Å². The number of carbonyl (C=O) groups excluding carboxylic acids is 1. The van der Waals surface area contributed by atoms with Crippen molar-refractivity contribution in [2.75, 3.05) is 31.1 Å². The van der Waals surface area contributed by atoms with Gasteiger partial charge in [0.1, 0.15) is 12.4 Å². The highest BCUT2D eigenvalue weighted by Crippen LogP contribution is 2.22. The Bertz CT molecular complexity index is 1680. The molecule has 3 heterocycles. The van der Waals surface area contributed by atoms with E-state index < -0.39 is 5.69 Å². The first-order valence-corrected chi connectivity index (χ1v) is 12.2. The summed E-state index contributed by atoms with van der Waals surface area (Å²) in [5, 5.41) is 5.27. The van der Waals surface area contributed by atoms with Crippen molar-refractivity contribution >= 4 is 28.1 Å². The lowest BCUT2D eigenvalue weighted by molar-refractivity contribution is -0.132. The standard InChI is InChI=1S/C28H25FN6O2/c1-19-5-4-6-20(17-19)26-30-27-23-7-2-3-8-24(23)34(28(37)35(27)31-26)18-25(36)33-15-13-32(14-16-33)22-11-9-21(29)10-12-22/h2-12,17H,13-16,18H2,1H3. The zero-order chi connectivity index (χ0) is 25.5. The van der Waals surface area contributed by atoms with Gasteiger partial charge in [-0.25, -0.2) is 14.2 Å². The number of para-hydroxylation sites is 1. The number of benzene rings is 3. The second-order valence-corrected chi connectivity index (χ2v) is 9.27. The number of nitrogens with zero attached hydrogens (tertiary/aromatic N) is 6. The number of hydrogen-bond acceptors (Lipinski definition) is 5. The average molecular weight is 497 g/mol.